The molecule has 2 saturated heterocycles. The van der Waals surface area contributed by atoms with Gasteiger partial charge in [-0.15, -0.1) is 0 Å². The Bertz CT molecular complexity index is 1080. The zero-order valence-corrected chi connectivity index (χ0v) is 20.9. The lowest BCUT2D eigenvalue weighted by atomic mass is 9.81. The fourth-order valence-corrected chi connectivity index (χ4v) is 6.20. The molecule has 4 amide bonds. The molecule has 10 nitrogen and oxygen atoms in total. The van der Waals surface area contributed by atoms with Crippen LogP contribution in [-0.2, 0) is 16.1 Å². The molecule has 1 aliphatic carbocycles. The van der Waals surface area contributed by atoms with E-state index in [0.717, 1.165) is 45.3 Å². The summed E-state index contributed by atoms with van der Waals surface area (Å²) in [5.41, 5.74) is 1.49. The molecule has 1 aromatic rings. The number of carbonyl (C=O) groups is 4. The molecule has 200 valence electrons. The quantitative estimate of drug-likeness (QED) is 0.494. The van der Waals surface area contributed by atoms with E-state index >= 15 is 4.39 Å². The Morgan fingerprint density at radius 2 is 1.73 bits per heavy atom. The van der Waals surface area contributed by atoms with Gasteiger partial charge in [0.15, 0.2) is 0 Å². The van der Waals surface area contributed by atoms with Gasteiger partial charge in [0.2, 0.25) is 11.8 Å². The summed E-state index contributed by atoms with van der Waals surface area (Å²) in [7, 11) is 0. The summed E-state index contributed by atoms with van der Waals surface area (Å²) in [5, 5.41) is 13.6. The second-order valence-corrected chi connectivity index (χ2v) is 10.7. The topological polar surface area (TPSA) is 122 Å². The number of carboxylic acid groups (broad SMARTS) is 1. The minimum absolute atomic E-state index is 0.184. The van der Waals surface area contributed by atoms with Crippen molar-refractivity contribution in [2.45, 2.75) is 51.1 Å². The summed E-state index contributed by atoms with van der Waals surface area (Å²) >= 11 is 0. The Labute approximate surface area is 215 Å². The predicted molar refractivity (Wildman–Crippen MR) is 133 cm³/mol. The van der Waals surface area contributed by atoms with Crippen LogP contribution in [0.4, 0.5) is 14.9 Å². The van der Waals surface area contributed by atoms with Crippen LogP contribution >= 0.6 is 0 Å². The van der Waals surface area contributed by atoms with Gasteiger partial charge in [-0.2, -0.15) is 0 Å². The molecule has 1 aromatic carbocycles. The van der Waals surface area contributed by atoms with Crippen molar-refractivity contribution in [1.82, 2.24) is 20.4 Å². The number of piperazine rings is 1. The van der Waals surface area contributed by atoms with Crippen molar-refractivity contribution in [1.29, 1.82) is 0 Å². The molecule has 3 aliphatic heterocycles. The number of rotatable bonds is 6. The SMILES string of the molecule is O=C(O)NC[C@H]1CC[C@H](CN2CCN(c3cc4c(cc3F)C(=O)N(C3CCC(=O)NC3=O)C4)CC2)CC1. The van der Waals surface area contributed by atoms with Crippen molar-refractivity contribution in [3.8, 4) is 0 Å². The van der Waals surface area contributed by atoms with Gasteiger partial charge >= 0.3 is 6.09 Å². The summed E-state index contributed by atoms with van der Waals surface area (Å²) in [6.45, 7) is 4.82. The van der Waals surface area contributed by atoms with E-state index in [1.54, 1.807) is 6.07 Å². The van der Waals surface area contributed by atoms with E-state index in [2.05, 4.69) is 15.5 Å². The normalized spacial score (nSPS) is 26.7. The number of anilines is 1. The molecule has 4 aliphatic rings. The van der Waals surface area contributed by atoms with Crippen molar-refractivity contribution in [2.24, 2.45) is 11.8 Å². The van der Waals surface area contributed by atoms with Crippen LogP contribution in [0.2, 0.25) is 0 Å². The Morgan fingerprint density at radius 3 is 2.41 bits per heavy atom. The number of hydrogen-bond donors (Lipinski definition) is 3. The van der Waals surface area contributed by atoms with E-state index in [1.807, 2.05) is 4.90 Å². The zero-order chi connectivity index (χ0) is 26.1. The highest BCUT2D eigenvalue weighted by Crippen LogP contribution is 2.33. The first-order valence-corrected chi connectivity index (χ1v) is 13.2. The average Bonchev–Trinajstić information content (AvgIpc) is 3.18. The van der Waals surface area contributed by atoms with Crippen LogP contribution in [0.1, 0.15) is 54.4 Å². The maximum Gasteiger partial charge on any atom is 0.404 e. The van der Waals surface area contributed by atoms with E-state index in [9.17, 15) is 19.2 Å². The monoisotopic (exact) mass is 515 g/mol. The van der Waals surface area contributed by atoms with E-state index in [1.165, 1.54) is 11.0 Å². The summed E-state index contributed by atoms with van der Waals surface area (Å²) in [6.07, 6.45) is 3.79. The van der Waals surface area contributed by atoms with Gasteiger partial charge in [-0.1, -0.05) is 0 Å². The minimum Gasteiger partial charge on any atom is -0.465 e. The highest BCUT2D eigenvalue weighted by atomic mass is 19.1. The Balaban J connectivity index is 1.14. The third-order valence-electron chi connectivity index (χ3n) is 8.33. The molecule has 1 unspecified atom stereocenters. The number of carbonyl (C=O) groups excluding carboxylic acids is 3. The maximum absolute atomic E-state index is 15.1. The molecule has 3 N–H and O–H groups in total. The number of nitrogens with zero attached hydrogens (tertiary/aromatic N) is 3. The van der Waals surface area contributed by atoms with Crippen molar-refractivity contribution < 1.29 is 28.7 Å². The number of piperidine rings is 1. The molecule has 37 heavy (non-hydrogen) atoms. The highest BCUT2D eigenvalue weighted by molar-refractivity contribution is 6.05. The molecule has 11 heteroatoms. The molecular formula is C26H34FN5O5. The molecule has 0 aromatic heterocycles. The molecule has 3 heterocycles. The van der Waals surface area contributed by atoms with Gasteiger partial charge < -0.3 is 20.2 Å². The lowest BCUT2D eigenvalue weighted by molar-refractivity contribution is -0.136. The molecule has 0 spiro atoms. The van der Waals surface area contributed by atoms with Crippen molar-refractivity contribution in [3.63, 3.8) is 0 Å². The van der Waals surface area contributed by atoms with E-state index < -0.39 is 23.9 Å². The molecule has 1 atom stereocenters. The standard InChI is InChI=1S/C26H34FN5O5/c27-20-12-19-18(15-32(25(19)35)21-5-6-23(33)29-24(21)34)11-22(20)31-9-7-30(8-10-31)14-17-3-1-16(2-4-17)13-28-26(36)37/h11-12,16-17,21,28H,1-10,13-15H2,(H,36,37)(H,29,33,34)/t16-,17-,21?. The van der Waals surface area contributed by atoms with Gasteiger partial charge in [0.25, 0.3) is 5.91 Å². The van der Waals surface area contributed by atoms with Gasteiger partial charge in [-0.05, 0) is 61.6 Å². The van der Waals surface area contributed by atoms with Crippen LogP contribution in [0.25, 0.3) is 0 Å². The summed E-state index contributed by atoms with van der Waals surface area (Å²) in [5.74, 6) is -0.580. The smallest absolute Gasteiger partial charge is 0.404 e. The van der Waals surface area contributed by atoms with E-state index in [0.29, 0.717) is 48.3 Å². The molecule has 0 bridgehead atoms. The number of imide groups is 1. The van der Waals surface area contributed by atoms with Gasteiger partial charge in [0.05, 0.1) is 5.69 Å². The predicted octanol–water partition coefficient (Wildman–Crippen LogP) is 1.78. The number of hydrogen-bond acceptors (Lipinski definition) is 6. The number of benzene rings is 1. The van der Waals surface area contributed by atoms with Gasteiger partial charge in [-0.25, -0.2) is 9.18 Å². The number of halogens is 1. The third-order valence-corrected chi connectivity index (χ3v) is 8.33. The first-order valence-electron chi connectivity index (χ1n) is 13.2. The fourth-order valence-electron chi connectivity index (χ4n) is 6.20. The lowest BCUT2D eigenvalue weighted by Gasteiger charge is -2.39. The average molecular weight is 516 g/mol. The van der Waals surface area contributed by atoms with Crippen molar-refractivity contribution in [3.05, 3.63) is 29.1 Å². The zero-order valence-electron chi connectivity index (χ0n) is 20.9. The molecule has 1 saturated carbocycles. The molecular weight excluding hydrogens is 481 g/mol. The van der Waals surface area contributed by atoms with Gasteiger partial charge in [0.1, 0.15) is 11.9 Å². The number of nitrogens with one attached hydrogen (secondary N) is 2. The van der Waals surface area contributed by atoms with Crippen molar-refractivity contribution >= 4 is 29.5 Å². The summed E-state index contributed by atoms with van der Waals surface area (Å²) in [4.78, 5) is 53.3. The largest absolute Gasteiger partial charge is 0.465 e. The van der Waals surface area contributed by atoms with Gasteiger partial charge in [0, 0.05) is 57.8 Å². The highest BCUT2D eigenvalue weighted by Gasteiger charge is 2.40. The first-order chi connectivity index (χ1) is 17.8. The Hall–Kier alpha value is -3.21. The van der Waals surface area contributed by atoms with Crippen LogP contribution in [0.15, 0.2) is 12.1 Å². The van der Waals surface area contributed by atoms with Crippen LogP contribution in [0, 0.1) is 17.7 Å². The Kier molecular flexibility index (Phi) is 7.32. The summed E-state index contributed by atoms with van der Waals surface area (Å²) < 4.78 is 15.1. The van der Waals surface area contributed by atoms with E-state index in [-0.39, 0.29) is 31.2 Å². The minimum atomic E-state index is -0.960. The van der Waals surface area contributed by atoms with Crippen LogP contribution in [-0.4, -0.2) is 84.0 Å². The van der Waals surface area contributed by atoms with Crippen LogP contribution in [0.3, 0.4) is 0 Å². The number of amides is 4. The molecule has 3 fully saturated rings. The summed E-state index contributed by atoms with van der Waals surface area (Å²) in [6, 6.07) is 2.33. The second kappa shape index (κ2) is 10.6. The Morgan fingerprint density at radius 1 is 1.03 bits per heavy atom. The van der Waals surface area contributed by atoms with Crippen LogP contribution < -0.4 is 15.5 Å². The third kappa shape index (κ3) is 5.56. The molecule has 5 rings (SSSR count). The maximum atomic E-state index is 15.1. The lowest BCUT2D eigenvalue weighted by Crippen LogP contribution is -2.52. The van der Waals surface area contributed by atoms with Gasteiger partial charge in [-0.3, -0.25) is 24.6 Å². The first kappa shape index (κ1) is 25.4. The fraction of sp³-hybridized carbons (Fsp3) is 0.615. The molecule has 0 radical (unpaired) electrons. The van der Waals surface area contributed by atoms with Crippen LogP contribution in [0.5, 0.6) is 0 Å². The number of fused-ring (bicyclic) bond motifs is 1. The van der Waals surface area contributed by atoms with E-state index in [4.69, 9.17) is 5.11 Å². The van der Waals surface area contributed by atoms with Crippen molar-refractivity contribution in [2.75, 3.05) is 44.2 Å². The second-order valence-electron chi connectivity index (χ2n) is 10.7.